The van der Waals surface area contributed by atoms with Crippen molar-refractivity contribution >= 4 is 23.4 Å². The van der Waals surface area contributed by atoms with Crippen molar-refractivity contribution in [3.63, 3.8) is 0 Å². The number of nitrogens with one attached hydrogen (secondary N) is 2. The summed E-state index contributed by atoms with van der Waals surface area (Å²) in [5.74, 6) is 0.224. The van der Waals surface area contributed by atoms with Gasteiger partial charge in [0.15, 0.2) is 0 Å². The number of amides is 2. The fourth-order valence-electron chi connectivity index (χ4n) is 2.54. The van der Waals surface area contributed by atoms with Crippen molar-refractivity contribution in [2.24, 2.45) is 0 Å². The van der Waals surface area contributed by atoms with E-state index in [-0.39, 0.29) is 0 Å². The predicted octanol–water partition coefficient (Wildman–Crippen LogP) is 4.00. The minimum atomic E-state index is -0.469. The summed E-state index contributed by atoms with van der Waals surface area (Å²) >= 11 is 5.85. The van der Waals surface area contributed by atoms with Crippen LogP contribution in [0.4, 0.5) is 0 Å². The molecule has 3 aromatic rings. The van der Waals surface area contributed by atoms with Crippen LogP contribution in [0.3, 0.4) is 0 Å². The summed E-state index contributed by atoms with van der Waals surface area (Å²) in [6.07, 6.45) is 0. The van der Waals surface area contributed by atoms with Crippen molar-refractivity contribution < 1.29 is 19.1 Å². The van der Waals surface area contributed by atoms with Crippen molar-refractivity contribution in [1.29, 1.82) is 0 Å². The molecule has 3 rings (SSSR count). The van der Waals surface area contributed by atoms with Crippen molar-refractivity contribution in [2.75, 3.05) is 7.11 Å². The molecule has 0 unspecified atom stereocenters. The zero-order chi connectivity index (χ0) is 20.6. The van der Waals surface area contributed by atoms with Crippen LogP contribution in [0.15, 0.2) is 72.8 Å². The maximum absolute atomic E-state index is 12.3. The SMILES string of the molecule is COc1ccccc1C(=O)NNC(=O)c1ccc(COc2ccc(Cl)cc2)cc1. The Labute approximate surface area is 173 Å². The van der Waals surface area contributed by atoms with Gasteiger partial charge in [-0.3, -0.25) is 20.4 Å². The van der Waals surface area contributed by atoms with E-state index in [1.54, 1.807) is 72.8 Å². The molecule has 7 heteroatoms. The molecule has 0 aromatic heterocycles. The predicted molar refractivity (Wildman–Crippen MR) is 110 cm³/mol. The average molecular weight is 411 g/mol. The monoisotopic (exact) mass is 410 g/mol. The van der Waals surface area contributed by atoms with Crippen LogP contribution in [0.25, 0.3) is 0 Å². The summed E-state index contributed by atoms with van der Waals surface area (Å²) in [7, 11) is 1.48. The Morgan fingerprint density at radius 1 is 0.862 bits per heavy atom. The summed E-state index contributed by atoms with van der Waals surface area (Å²) in [4.78, 5) is 24.5. The van der Waals surface area contributed by atoms with Crippen LogP contribution in [-0.2, 0) is 6.61 Å². The third-order valence-corrected chi connectivity index (χ3v) is 4.33. The van der Waals surface area contributed by atoms with Gasteiger partial charge in [0.25, 0.3) is 11.8 Å². The van der Waals surface area contributed by atoms with Gasteiger partial charge in [0.05, 0.1) is 12.7 Å². The van der Waals surface area contributed by atoms with Crippen LogP contribution in [-0.4, -0.2) is 18.9 Å². The van der Waals surface area contributed by atoms with Gasteiger partial charge < -0.3 is 9.47 Å². The second kappa shape index (κ2) is 9.61. The van der Waals surface area contributed by atoms with Crippen LogP contribution < -0.4 is 20.3 Å². The molecule has 0 spiro atoms. The number of hydrogen-bond donors (Lipinski definition) is 2. The van der Waals surface area contributed by atoms with Gasteiger partial charge in [-0.2, -0.15) is 0 Å². The quantitative estimate of drug-likeness (QED) is 0.602. The van der Waals surface area contributed by atoms with Gasteiger partial charge in [0.2, 0.25) is 0 Å². The maximum atomic E-state index is 12.3. The summed E-state index contributed by atoms with van der Waals surface area (Å²) in [5.41, 5.74) is 6.40. The summed E-state index contributed by atoms with van der Waals surface area (Å²) in [6.45, 7) is 0.355. The fraction of sp³-hybridized carbons (Fsp3) is 0.0909. The lowest BCUT2D eigenvalue weighted by molar-refractivity contribution is 0.0845. The highest BCUT2D eigenvalue weighted by atomic mass is 35.5. The number of para-hydroxylation sites is 1. The van der Waals surface area contributed by atoms with Gasteiger partial charge in [-0.1, -0.05) is 35.9 Å². The molecule has 2 amide bonds. The van der Waals surface area contributed by atoms with Gasteiger partial charge in [-0.25, -0.2) is 0 Å². The number of carbonyl (C=O) groups is 2. The first-order valence-electron chi connectivity index (χ1n) is 8.78. The Hall–Kier alpha value is -3.51. The first kappa shape index (κ1) is 20.2. The van der Waals surface area contributed by atoms with E-state index >= 15 is 0 Å². The molecule has 148 valence electrons. The van der Waals surface area contributed by atoms with Gasteiger partial charge in [0.1, 0.15) is 18.1 Å². The number of hydrogen-bond acceptors (Lipinski definition) is 4. The summed E-state index contributed by atoms with van der Waals surface area (Å²) in [5, 5.41) is 0.644. The molecule has 0 saturated carbocycles. The Kier molecular flexibility index (Phi) is 6.71. The second-order valence-electron chi connectivity index (χ2n) is 6.05. The Morgan fingerprint density at radius 2 is 1.52 bits per heavy atom. The third kappa shape index (κ3) is 5.49. The minimum absolute atomic E-state index is 0.324. The van der Waals surface area contributed by atoms with Crippen LogP contribution in [0.5, 0.6) is 11.5 Å². The largest absolute Gasteiger partial charge is 0.496 e. The molecule has 3 aromatic carbocycles. The molecule has 0 aliphatic rings. The number of halogens is 1. The molecular weight excluding hydrogens is 392 g/mol. The van der Waals surface area contributed by atoms with Crippen molar-refractivity contribution in [3.8, 4) is 11.5 Å². The number of ether oxygens (including phenoxy) is 2. The smallest absolute Gasteiger partial charge is 0.273 e. The Bertz CT molecular complexity index is 988. The lowest BCUT2D eigenvalue weighted by atomic mass is 10.1. The number of hydrazine groups is 1. The number of methoxy groups -OCH3 is 1. The molecular formula is C22H19ClN2O4. The number of carbonyl (C=O) groups excluding carboxylic acids is 2. The van der Waals surface area contributed by atoms with Crippen LogP contribution in [0, 0.1) is 0 Å². The summed E-state index contributed by atoms with van der Waals surface area (Å²) < 4.78 is 10.8. The number of rotatable bonds is 6. The Balaban J connectivity index is 1.53. The fourth-order valence-corrected chi connectivity index (χ4v) is 2.66. The molecule has 0 bridgehead atoms. The lowest BCUT2D eigenvalue weighted by Gasteiger charge is -2.10. The molecule has 6 nitrogen and oxygen atoms in total. The van der Waals surface area contributed by atoms with Gasteiger partial charge >= 0.3 is 0 Å². The molecule has 0 heterocycles. The molecule has 0 aliphatic heterocycles. The first-order valence-corrected chi connectivity index (χ1v) is 9.15. The van der Waals surface area contributed by atoms with Gasteiger partial charge in [-0.15, -0.1) is 0 Å². The van der Waals surface area contributed by atoms with E-state index in [9.17, 15) is 9.59 Å². The zero-order valence-electron chi connectivity index (χ0n) is 15.6. The standard InChI is InChI=1S/C22H19ClN2O4/c1-28-20-5-3-2-4-19(20)22(27)25-24-21(26)16-8-6-15(7-9-16)14-29-18-12-10-17(23)11-13-18/h2-13H,14H2,1H3,(H,24,26)(H,25,27). The average Bonchev–Trinajstić information content (AvgIpc) is 2.77. The number of benzene rings is 3. The van der Waals surface area contributed by atoms with Crippen molar-refractivity contribution in [2.45, 2.75) is 6.61 Å². The van der Waals surface area contributed by atoms with E-state index in [0.717, 1.165) is 5.56 Å². The van der Waals surface area contributed by atoms with E-state index in [0.29, 0.717) is 34.3 Å². The minimum Gasteiger partial charge on any atom is -0.496 e. The second-order valence-corrected chi connectivity index (χ2v) is 6.48. The van der Waals surface area contributed by atoms with Crippen LogP contribution in [0.1, 0.15) is 26.3 Å². The van der Waals surface area contributed by atoms with E-state index < -0.39 is 11.8 Å². The maximum Gasteiger partial charge on any atom is 0.273 e. The van der Waals surface area contributed by atoms with Gasteiger partial charge in [-0.05, 0) is 54.1 Å². The van der Waals surface area contributed by atoms with Crippen molar-refractivity contribution in [3.05, 3.63) is 94.5 Å². The lowest BCUT2D eigenvalue weighted by Crippen LogP contribution is -2.41. The Morgan fingerprint density at radius 3 is 2.21 bits per heavy atom. The van der Waals surface area contributed by atoms with E-state index in [1.165, 1.54) is 7.11 Å². The third-order valence-electron chi connectivity index (χ3n) is 4.08. The van der Waals surface area contributed by atoms with E-state index in [4.69, 9.17) is 21.1 Å². The molecule has 0 aliphatic carbocycles. The van der Waals surface area contributed by atoms with E-state index in [2.05, 4.69) is 10.9 Å². The van der Waals surface area contributed by atoms with E-state index in [1.807, 2.05) is 0 Å². The molecule has 0 atom stereocenters. The van der Waals surface area contributed by atoms with Gasteiger partial charge in [0, 0.05) is 10.6 Å². The van der Waals surface area contributed by atoms with Crippen molar-refractivity contribution in [1.82, 2.24) is 10.9 Å². The normalized spacial score (nSPS) is 10.1. The highest BCUT2D eigenvalue weighted by Crippen LogP contribution is 2.18. The first-order chi connectivity index (χ1) is 14.1. The summed E-state index contributed by atoms with van der Waals surface area (Å²) in [6, 6.07) is 20.7. The zero-order valence-corrected chi connectivity index (χ0v) is 16.4. The topological polar surface area (TPSA) is 76.7 Å². The molecule has 2 N–H and O–H groups in total. The highest BCUT2D eigenvalue weighted by molar-refractivity contribution is 6.30. The molecule has 0 radical (unpaired) electrons. The molecule has 0 saturated heterocycles. The highest BCUT2D eigenvalue weighted by Gasteiger charge is 2.13. The van der Waals surface area contributed by atoms with Crippen LogP contribution >= 0.6 is 11.6 Å². The molecule has 0 fully saturated rings. The molecule has 29 heavy (non-hydrogen) atoms. The van der Waals surface area contributed by atoms with Crippen LogP contribution in [0.2, 0.25) is 5.02 Å².